The number of hydrogen-bond acceptors (Lipinski definition) is 4. The van der Waals surface area contributed by atoms with E-state index in [2.05, 4.69) is 4.98 Å². The van der Waals surface area contributed by atoms with Crippen LogP contribution in [0.4, 0.5) is 0 Å². The highest BCUT2D eigenvalue weighted by Gasteiger charge is 2.16. The van der Waals surface area contributed by atoms with Crippen molar-refractivity contribution in [2.24, 2.45) is 0 Å². The molecule has 0 unspecified atom stereocenters. The number of hydrogen-bond donors (Lipinski definition) is 1. The third-order valence-electron chi connectivity index (χ3n) is 2.49. The Bertz CT molecular complexity index is 580. The maximum absolute atomic E-state index is 11.1. The number of aromatic carboxylic acids is 1. The normalized spacial score (nSPS) is 10.2. The summed E-state index contributed by atoms with van der Waals surface area (Å²) in [6.45, 7) is 0. The van der Waals surface area contributed by atoms with Crippen LogP contribution in [0.5, 0.6) is 11.6 Å². The van der Waals surface area contributed by atoms with Crippen molar-refractivity contribution in [2.75, 3.05) is 14.2 Å². The van der Waals surface area contributed by atoms with Crippen molar-refractivity contribution in [3.63, 3.8) is 0 Å². The fraction of sp³-hybridized carbons (Fsp3) is 0.167. The molecule has 1 N–H and O–H groups in total. The van der Waals surface area contributed by atoms with Crippen molar-refractivity contribution in [3.8, 4) is 11.6 Å². The number of benzene rings is 1. The maximum atomic E-state index is 11.1. The lowest BCUT2D eigenvalue weighted by molar-refractivity contribution is 0.0693. The lowest BCUT2D eigenvalue weighted by atomic mass is 10.1. The van der Waals surface area contributed by atoms with Gasteiger partial charge < -0.3 is 14.6 Å². The van der Waals surface area contributed by atoms with Crippen LogP contribution in [0.15, 0.2) is 24.4 Å². The highest BCUT2D eigenvalue weighted by atomic mass is 16.5. The van der Waals surface area contributed by atoms with E-state index >= 15 is 0 Å². The van der Waals surface area contributed by atoms with Gasteiger partial charge in [-0.1, -0.05) is 0 Å². The number of nitrogens with zero attached hydrogens (tertiary/aromatic N) is 1. The van der Waals surface area contributed by atoms with Crippen LogP contribution in [0.1, 0.15) is 10.4 Å². The summed E-state index contributed by atoms with van der Waals surface area (Å²) in [7, 11) is 2.95. The first-order valence-electron chi connectivity index (χ1n) is 4.92. The summed E-state index contributed by atoms with van der Waals surface area (Å²) in [6.07, 6.45) is 1.55. The Morgan fingerprint density at radius 1 is 1.18 bits per heavy atom. The van der Waals surface area contributed by atoms with Crippen molar-refractivity contribution < 1.29 is 19.4 Å². The fourth-order valence-electron chi connectivity index (χ4n) is 1.75. The smallest absolute Gasteiger partial charge is 0.339 e. The molecule has 1 aromatic heterocycles. The minimum absolute atomic E-state index is 0.119. The van der Waals surface area contributed by atoms with E-state index in [0.29, 0.717) is 17.0 Å². The summed E-state index contributed by atoms with van der Waals surface area (Å²) >= 11 is 0. The van der Waals surface area contributed by atoms with Gasteiger partial charge in [0.05, 0.1) is 14.2 Å². The van der Waals surface area contributed by atoms with Gasteiger partial charge in [-0.3, -0.25) is 0 Å². The number of methoxy groups -OCH3 is 2. The topological polar surface area (TPSA) is 68.7 Å². The molecule has 2 aromatic rings. The number of carboxylic acid groups (broad SMARTS) is 1. The standard InChI is InChI=1S/C12H11NO4/c1-16-10-7-5-6-13-11(17-2)8(7)3-4-9(10)12(14)15/h3-6H,1-2H3,(H,14,15). The second-order valence-corrected chi connectivity index (χ2v) is 3.37. The number of fused-ring (bicyclic) bond motifs is 1. The molecule has 2 rings (SSSR count). The van der Waals surface area contributed by atoms with E-state index in [-0.39, 0.29) is 5.56 Å². The summed E-state index contributed by atoms with van der Waals surface area (Å²) in [5.41, 5.74) is 0.119. The van der Waals surface area contributed by atoms with E-state index in [1.807, 2.05) is 0 Å². The molecule has 88 valence electrons. The highest BCUT2D eigenvalue weighted by molar-refractivity contribution is 6.01. The Balaban J connectivity index is 2.82. The molecule has 0 saturated carbocycles. The van der Waals surface area contributed by atoms with E-state index in [0.717, 1.165) is 5.39 Å². The number of carboxylic acids is 1. The quantitative estimate of drug-likeness (QED) is 0.877. The van der Waals surface area contributed by atoms with Crippen molar-refractivity contribution >= 4 is 16.7 Å². The van der Waals surface area contributed by atoms with E-state index in [9.17, 15) is 4.79 Å². The first-order chi connectivity index (χ1) is 8.19. The van der Waals surface area contributed by atoms with Crippen LogP contribution in [-0.4, -0.2) is 30.3 Å². The van der Waals surface area contributed by atoms with Gasteiger partial charge in [0.1, 0.15) is 11.3 Å². The Morgan fingerprint density at radius 2 is 1.94 bits per heavy atom. The molecule has 0 fully saturated rings. The van der Waals surface area contributed by atoms with E-state index in [1.54, 1.807) is 18.3 Å². The maximum Gasteiger partial charge on any atom is 0.339 e. The zero-order valence-electron chi connectivity index (χ0n) is 9.43. The Morgan fingerprint density at radius 3 is 2.53 bits per heavy atom. The summed E-state index contributed by atoms with van der Waals surface area (Å²) in [4.78, 5) is 15.1. The molecule has 5 nitrogen and oxygen atoms in total. The number of ether oxygens (including phenoxy) is 2. The lowest BCUT2D eigenvalue weighted by Gasteiger charge is -2.10. The summed E-state index contributed by atoms with van der Waals surface area (Å²) in [5, 5.41) is 10.4. The predicted molar refractivity (Wildman–Crippen MR) is 61.8 cm³/mol. The van der Waals surface area contributed by atoms with Crippen molar-refractivity contribution in [1.82, 2.24) is 4.98 Å². The Hall–Kier alpha value is -2.30. The van der Waals surface area contributed by atoms with Crippen LogP contribution in [0.3, 0.4) is 0 Å². The van der Waals surface area contributed by atoms with Crippen molar-refractivity contribution in [1.29, 1.82) is 0 Å². The molecule has 5 heteroatoms. The molecule has 0 aliphatic heterocycles. The number of pyridine rings is 1. The molecule has 0 saturated heterocycles. The molecule has 0 bridgehead atoms. The number of carbonyl (C=O) groups is 1. The molecule has 0 radical (unpaired) electrons. The zero-order valence-corrected chi connectivity index (χ0v) is 9.43. The molecular weight excluding hydrogens is 222 g/mol. The molecule has 1 heterocycles. The fourth-order valence-corrected chi connectivity index (χ4v) is 1.75. The number of rotatable bonds is 3. The zero-order chi connectivity index (χ0) is 12.4. The number of aromatic nitrogens is 1. The molecule has 1 aromatic carbocycles. The second kappa shape index (κ2) is 4.29. The Kier molecular flexibility index (Phi) is 2.82. The molecule has 0 aliphatic carbocycles. The second-order valence-electron chi connectivity index (χ2n) is 3.37. The third-order valence-corrected chi connectivity index (χ3v) is 2.49. The molecule has 17 heavy (non-hydrogen) atoms. The average molecular weight is 233 g/mol. The van der Waals surface area contributed by atoms with Gasteiger partial charge in [0.15, 0.2) is 0 Å². The lowest BCUT2D eigenvalue weighted by Crippen LogP contribution is -2.01. The highest BCUT2D eigenvalue weighted by Crippen LogP contribution is 2.33. The Labute approximate surface area is 97.6 Å². The minimum atomic E-state index is -1.03. The van der Waals surface area contributed by atoms with E-state index in [4.69, 9.17) is 14.6 Å². The molecule has 0 amide bonds. The van der Waals surface area contributed by atoms with Gasteiger partial charge in [-0.05, 0) is 18.2 Å². The largest absolute Gasteiger partial charge is 0.495 e. The van der Waals surface area contributed by atoms with Gasteiger partial charge >= 0.3 is 5.97 Å². The average Bonchev–Trinajstić information content (AvgIpc) is 2.36. The van der Waals surface area contributed by atoms with Crippen molar-refractivity contribution in [2.45, 2.75) is 0 Å². The first kappa shape index (κ1) is 11.2. The van der Waals surface area contributed by atoms with Gasteiger partial charge in [0.2, 0.25) is 5.88 Å². The SMILES string of the molecule is COc1nccc2c(OC)c(C(=O)O)ccc12. The molecule has 0 spiro atoms. The minimum Gasteiger partial charge on any atom is -0.495 e. The molecule has 0 atom stereocenters. The third kappa shape index (κ3) is 1.75. The van der Waals surface area contributed by atoms with E-state index in [1.165, 1.54) is 20.3 Å². The van der Waals surface area contributed by atoms with Crippen LogP contribution in [0.25, 0.3) is 10.8 Å². The predicted octanol–water partition coefficient (Wildman–Crippen LogP) is 1.95. The summed E-state index contributed by atoms with van der Waals surface area (Å²) in [6, 6.07) is 4.84. The summed E-state index contributed by atoms with van der Waals surface area (Å²) < 4.78 is 10.3. The van der Waals surface area contributed by atoms with Gasteiger partial charge in [-0.2, -0.15) is 0 Å². The summed E-state index contributed by atoms with van der Waals surface area (Å²) in [5.74, 6) is -0.270. The molecule has 0 aliphatic rings. The van der Waals surface area contributed by atoms with Crippen molar-refractivity contribution in [3.05, 3.63) is 30.0 Å². The van der Waals surface area contributed by atoms with Crippen LogP contribution < -0.4 is 9.47 Å². The van der Waals surface area contributed by atoms with Gasteiger partial charge in [-0.15, -0.1) is 0 Å². The van der Waals surface area contributed by atoms with Gasteiger partial charge in [-0.25, -0.2) is 9.78 Å². The van der Waals surface area contributed by atoms with Crippen LogP contribution >= 0.6 is 0 Å². The van der Waals surface area contributed by atoms with Crippen LogP contribution in [-0.2, 0) is 0 Å². The monoisotopic (exact) mass is 233 g/mol. The molecular formula is C12H11NO4. The van der Waals surface area contributed by atoms with Gasteiger partial charge in [0, 0.05) is 17.0 Å². The van der Waals surface area contributed by atoms with Crippen LogP contribution in [0, 0.1) is 0 Å². The van der Waals surface area contributed by atoms with Gasteiger partial charge in [0.25, 0.3) is 0 Å². The van der Waals surface area contributed by atoms with E-state index < -0.39 is 5.97 Å². The van der Waals surface area contributed by atoms with Crippen LogP contribution in [0.2, 0.25) is 0 Å². The first-order valence-corrected chi connectivity index (χ1v) is 4.92.